The van der Waals surface area contributed by atoms with Gasteiger partial charge in [0, 0.05) is 13.1 Å². The van der Waals surface area contributed by atoms with Crippen LogP contribution in [0.3, 0.4) is 0 Å². The van der Waals surface area contributed by atoms with Crippen LogP contribution in [0, 0.1) is 0 Å². The molecule has 3 aliphatic heterocycles. The molecule has 0 aromatic heterocycles. The van der Waals surface area contributed by atoms with E-state index in [0.717, 1.165) is 31.1 Å². The van der Waals surface area contributed by atoms with Crippen molar-refractivity contribution in [1.29, 1.82) is 0 Å². The van der Waals surface area contributed by atoms with Gasteiger partial charge in [-0.05, 0) is 19.3 Å². The number of fused-ring (bicyclic) bond motifs is 1. The molecule has 5 nitrogen and oxygen atoms in total. The number of aliphatic hydroxyl groups excluding tert-OH is 2. The average molecular weight is 286 g/mol. The monoisotopic (exact) mass is 286 g/mol. The van der Waals surface area contributed by atoms with Gasteiger partial charge in [0.2, 0.25) is 0 Å². The largest absolute Gasteiger partial charge is 0.388 e. The number of hydrogen-bond acceptors (Lipinski definition) is 6. The Kier molecular flexibility index (Phi) is 4.03. The van der Waals surface area contributed by atoms with Gasteiger partial charge in [0.25, 0.3) is 0 Å². The van der Waals surface area contributed by atoms with Gasteiger partial charge in [0.15, 0.2) is 5.17 Å². The second-order valence-corrected chi connectivity index (χ2v) is 6.59. The molecule has 0 unspecified atom stereocenters. The van der Waals surface area contributed by atoms with E-state index in [1.807, 2.05) is 0 Å². The van der Waals surface area contributed by atoms with E-state index in [2.05, 4.69) is 16.8 Å². The van der Waals surface area contributed by atoms with E-state index < -0.39 is 12.2 Å². The molecule has 6 heteroatoms. The molecule has 19 heavy (non-hydrogen) atoms. The van der Waals surface area contributed by atoms with E-state index in [0.29, 0.717) is 0 Å². The number of aliphatic hydroxyl groups is 2. The first-order valence-electron chi connectivity index (χ1n) is 7.21. The van der Waals surface area contributed by atoms with Crippen LogP contribution in [0.4, 0.5) is 0 Å². The van der Waals surface area contributed by atoms with Crippen LogP contribution in [-0.4, -0.2) is 63.2 Å². The lowest BCUT2D eigenvalue weighted by molar-refractivity contribution is -0.154. The zero-order valence-corrected chi connectivity index (χ0v) is 12.1. The Morgan fingerprint density at radius 1 is 1.32 bits per heavy atom. The summed E-state index contributed by atoms with van der Waals surface area (Å²) in [6.45, 7) is 4.15. The second kappa shape index (κ2) is 5.60. The standard InChI is InChI=1S/C13H22N2O3S/c1-2-5-8-10(16)11(17)9-12(18-8)19-13(14-9)15-6-3-4-7-15/h8-12,16-17H,2-7H2,1H3/t8-,9-,10-,11-,12-/m1/s1. The van der Waals surface area contributed by atoms with Crippen molar-refractivity contribution in [3.05, 3.63) is 0 Å². The lowest BCUT2D eigenvalue weighted by atomic mass is 9.96. The third kappa shape index (κ3) is 2.51. The topological polar surface area (TPSA) is 65.3 Å². The van der Waals surface area contributed by atoms with Gasteiger partial charge in [-0.1, -0.05) is 25.1 Å². The Morgan fingerprint density at radius 2 is 2.05 bits per heavy atom. The maximum Gasteiger partial charge on any atom is 0.162 e. The fraction of sp³-hybridized carbons (Fsp3) is 0.923. The number of amidine groups is 1. The third-order valence-electron chi connectivity index (χ3n) is 4.10. The summed E-state index contributed by atoms with van der Waals surface area (Å²) >= 11 is 1.61. The molecule has 0 spiro atoms. The summed E-state index contributed by atoms with van der Waals surface area (Å²) in [5.41, 5.74) is -0.134. The van der Waals surface area contributed by atoms with Crippen LogP contribution in [0.15, 0.2) is 4.99 Å². The molecule has 0 bridgehead atoms. The minimum Gasteiger partial charge on any atom is -0.388 e. The summed E-state index contributed by atoms with van der Waals surface area (Å²) in [7, 11) is 0. The predicted molar refractivity (Wildman–Crippen MR) is 75.2 cm³/mol. The van der Waals surface area contributed by atoms with Gasteiger partial charge in [-0.2, -0.15) is 0 Å². The van der Waals surface area contributed by atoms with Crippen molar-refractivity contribution in [3.8, 4) is 0 Å². The Labute approximate surface area is 118 Å². The number of nitrogens with zero attached hydrogens (tertiary/aromatic N) is 2. The smallest absolute Gasteiger partial charge is 0.162 e. The highest BCUT2D eigenvalue weighted by Crippen LogP contribution is 2.38. The molecular formula is C13H22N2O3S. The van der Waals surface area contributed by atoms with E-state index in [-0.39, 0.29) is 17.6 Å². The third-order valence-corrected chi connectivity index (χ3v) is 5.30. The molecule has 0 aliphatic carbocycles. The van der Waals surface area contributed by atoms with Crippen molar-refractivity contribution in [1.82, 2.24) is 4.90 Å². The summed E-state index contributed by atoms with van der Waals surface area (Å²) in [6.07, 6.45) is 2.25. The van der Waals surface area contributed by atoms with Crippen LogP contribution < -0.4 is 0 Å². The molecule has 3 aliphatic rings. The highest BCUT2D eigenvalue weighted by atomic mass is 32.2. The van der Waals surface area contributed by atoms with E-state index in [1.165, 1.54) is 12.8 Å². The highest BCUT2D eigenvalue weighted by Gasteiger charge is 2.48. The molecule has 0 saturated carbocycles. The van der Waals surface area contributed by atoms with Gasteiger partial charge in [-0.15, -0.1) is 0 Å². The fourth-order valence-electron chi connectivity index (χ4n) is 3.00. The van der Waals surface area contributed by atoms with Crippen molar-refractivity contribution < 1.29 is 14.9 Å². The quantitative estimate of drug-likeness (QED) is 0.786. The molecule has 0 aromatic carbocycles. The summed E-state index contributed by atoms with van der Waals surface area (Å²) in [4.78, 5) is 6.85. The summed E-state index contributed by atoms with van der Waals surface area (Å²) in [5.74, 6) is 0. The van der Waals surface area contributed by atoms with E-state index in [9.17, 15) is 10.2 Å². The fourth-order valence-corrected chi connectivity index (χ4v) is 4.28. The summed E-state index contributed by atoms with van der Waals surface area (Å²) < 4.78 is 5.93. The van der Waals surface area contributed by atoms with Crippen molar-refractivity contribution in [2.45, 2.75) is 62.4 Å². The molecule has 0 aromatic rings. The van der Waals surface area contributed by atoms with Crippen molar-refractivity contribution >= 4 is 16.9 Å². The lowest BCUT2D eigenvalue weighted by Crippen LogP contribution is -2.54. The Balaban J connectivity index is 1.71. The molecule has 3 heterocycles. The summed E-state index contributed by atoms with van der Waals surface area (Å²) in [6, 6.07) is -0.316. The molecule has 108 valence electrons. The number of rotatable bonds is 2. The SMILES string of the molecule is CCC[C@H]1O[C@@H]2SC(N3CCCC3)=N[C@@H]2[C@@H](O)[C@@H]1O. The zero-order chi connectivity index (χ0) is 13.4. The maximum absolute atomic E-state index is 10.2. The minimum absolute atomic E-state index is 0.134. The van der Waals surface area contributed by atoms with Crippen LogP contribution in [0.5, 0.6) is 0 Å². The lowest BCUT2D eigenvalue weighted by Gasteiger charge is -2.38. The maximum atomic E-state index is 10.2. The van der Waals surface area contributed by atoms with Crippen LogP contribution in [0.25, 0.3) is 0 Å². The molecule has 2 N–H and O–H groups in total. The van der Waals surface area contributed by atoms with Gasteiger partial charge < -0.3 is 19.8 Å². The number of ether oxygens (including phenoxy) is 1. The Hall–Kier alpha value is -0.300. The van der Waals surface area contributed by atoms with Gasteiger partial charge in [-0.25, -0.2) is 0 Å². The average Bonchev–Trinajstić information content (AvgIpc) is 3.04. The molecule has 2 saturated heterocycles. The predicted octanol–water partition coefficient (Wildman–Crippen LogP) is 0.800. The zero-order valence-electron chi connectivity index (χ0n) is 11.2. The van der Waals surface area contributed by atoms with Crippen LogP contribution in [0.1, 0.15) is 32.6 Å². The van der Waals surface area contributed by atoms with E-state index in [1.54, 1.807) is 11.8 Å². The normalized spacial score (nSPS) is 42.4. The number of aliphatic imine (C=N–C) groups is 1. The van der Waals surface area contributed by atoms with Gasteiger partial charge in [0.1, 0.15) is 23.7 Å². The van der Waals surface area contributed by atoms with Crippen LogP contribution in [-0.2, 0) is 4.74 Å². The Bertz CT molecular complexity index is 360. The molecule has 3 rings (SSSR count). The number of hydrogen-bond donors (Lipinski definition) is 2. The number of thioether (sulfide) groups is 1. The van der Waals surface area contributed by atoms with Crippen molar-refractivity contribution in [2.75, 3.05) is 13.1 Å². The van der Waals surface area contributed by atoms with Crippen molar-refractivity contribution in [3.63, 3.8) is 0 Å². The minimum atomic E-state index is -0.816. The second-order valence-electron chi connectivity index (χ2n) is 5.53. The highest BCUT2D eigenvalue weighted by molar-refractivity contribution is 8.14. The first kappa shape index (κ1) is 13.7. The molecule has 2 fully saturated rings. The van der Waals surface area contributed by atoms with Gasteiger partial charge in [-0.3, -0.25) is 4.99 Å². The first-order chi connectivity index (χ1) is 9.20. The van der Waals surface area contributed by atoms with Crippen molar-refractivity contribution in [2.24, 2.45) is 4.99 Å². The first-order valence-corrected chi connectivity index (χ1v) is 8.09. The van der Waals surface area contributed by atoms with Gasteiger partial charge >= 0.3 is 0 Å². The molecular weight excluding hydrogens is 264 g/mol. The van der Waals surface area contributed by atoms with E-state index in [4.69, 9.17) is 4.74 Å². The van der Waals surface area contributed by atoms with Crippen LogP contribution >= 0.6 is 11.8 Å². The molecule has 0 radical (unpaired) electrons. The van der Waals surface area contributed by atoms with Crippen LogP contribution in [0.2, 0.25) is 0 Å². The Morgan fingerprint density at radius 3 is 2.74 bits per heavy atom. The molecule has 0 amide bonds. The molecule has 5 atom stereocenters. The summed E-state index contributed by atoms with van der Waals surface area (Å²) in [5, 5.41) is 21.3. The number of likely N-dealkylation sites (tertiary alicyclic amines) is 1. The van der Waals surface area contributed by atoms with E-state index >= 15 is 0 Å². The van der Waals surface area contributed by atoms with Gasteiger partial charge in [0.05, 0.1) is 6.10 Å².